The predicted molar refractivity (Wildman–Crippen MR) is 73.0 cm³/mol. The summed E-state index contributed by atoms with van der Waals surface area (Å²) in [5.74, 6) is 0.680. The van der Waals surface area contributed by atoms with E-state index in [9.17, 15) is 14.4 Å². The highest BCUT2D eigenvalue weighted by atomic mass is 16.5. The van der Waals surface area contributed by atoms with Gasteiger partial charge in [0.1, 0.15) is 5.76 Å². The van der Waals surface area contributed by atoms with Gasteiger partial charge >= 0.3 is 6.09 Å². The average molecular weight is 297 g/mol. The second-order valence-electron chi connectivity index (χ2n) is 5.20. The quantitative estimate of drug-likeness (QED) is 0.728. The minimum Gasteiger partial charge on any atom is -0.465 e. The van der Waals surface area contributed by atoms with Crippen molar-refractivity contribution < 1.29 is 19.2 Å². The molecular formula is C13H19N3O5. The van der Waals surface area contributed by atoms with E-state index in [1.165, 1.54) is 11.0 Å². The minimum absolute atomic E-state index is 0.0977. The predicted octanol–water partition coefficient (Wildman–Crippen LogP) is 0.407. The summed E-state index contributed by atoms with van der Waals surface area (Å²) in [7, 11) is 0. The minimum atomic E-state index is -0.884. The number of likely N-dealkylation sites (tertiary alicyclic amines) is 1. The van der Waals surface area contributed by atoms with E-state index in [1.54, 1.807) is 0 Å². The molecule has 0 bridgehead atoms. The number of H-pyrrole nitrogens is 1. The van der Waals surface area contributed by atoms with Crippen LogP contribution in [0.25, 0.3) is 0 Å². The zero-order chi connectivity index (χ0) is 15.2. The molecule has 1 aromatic rings. The van der Waals surface area contributed by atoms with Crippen molar-refractivity contribution >= 4 is 12.0 Å². The van der Waals surface area contributed by atoms with Gasteiger partial charge in [-0.2, -0.15) is 5.16 Å². The van der Waals surface area contributed by atoms with E-state index in [2.05, 4.69) is 10.5 Å². The first-order valence-corrected chi connectivity index (χ1v) is 6.96. The van der Waals surface area contributed by atoms with Gasteiger partial charge < -0.3 is 19.8 Å². The standard InChI is InChI=1S/C13H19N3O5/c17-11(2-1-10-7-12(18)15-21-10)14-8-9-3-5-16(6-4-9)13(19)20/h7,9H,1-6,8H2,(H,14,17)(H,15,18)(H,19,20). The van der Waals surface area contributed by atoms with Gasteiger partial charge in [0, 0.05) is 38.5 Å². The number of carbonyl (C=O) groups excluding carboxylic acids is 1. The van der Waals surface area contributed by atoms with Crippen molar-refractivity contribution in [3.63, 3.8) is 0 Å². The molecule has 0 unspecified atom stereocenters. The Labute approximate surface area is 121 Å². The van der Waals surface area contributed by atoms with Gasteiger partial charge in [0.05, 0.1) is 0 Å². The van der Waals surface area contributed by atoms with Crippen molar-refractivity contribution in [3.05, 3.63) is 22.2 Å². The SMILES string of the molecule is O=C(CCc1cc(=O)[nH]o1)NCC1CCN(C(=O)O)CC1. The normalized spacial score (nSPS) is 15.9. The van der Waals surface area contributed by atoms with Crippen LogP contribution in [0.5, 0.6) is 0 Å². The molecule has 2 rings (SSSR count). The number of piperidine rings is 1. The molecule has 1 aliphatic heterocycles. The maximum absolute atomic E-state index is 11.7. The Morgan fingerprint density at radius 2 is 2.14 bits per heavy atom. The largest absolute Gasteiger partial charge is 0.465 e. The number of aryl methyl sites for hydroxylation is 1. The Kier molecular flexibility index (Phi) is 5.02. The van der Waals surface area contributed by atoms with Crippen LogP contribution in [0.3, 0.4) is 0 Å². The van der Waals surface area contributed by atoms with Crippen molar-refractivity contribution in [2.45, 2.75) is 25.7 Å². The fourth-order valence-electron chi connectivity index (χ4n) is 2.36. The molecule has 2 amide bonds. The Balaban J connectivity index is 1.63. The summed E-state index contributed by atoms with van der Waals surface area (Å²) in [4.78, 5) is 34.7. The molecule has 0 atom stereocenters. The van der Waals surface area contributed by atoms with Crippen LogP contribution in [0.1, 0.15) is 25.0 Å². The molecule has 1 saturated heterocycles. The van der Waals surface area contributed by atoms with Crippen LogP contribution in [0.15, 0.2) is 15.4 Å². The second kappa shape index (κ2) is 6.96. The molecule has 1 fully saturated rings. The van der Waals surface area contributed by atoms with Crippen LogP contribution in [-0.4, -0.2) is 46.8 Å². The second-order valence-corrected chi connectivity index (χ2v) is 5.20. The van der Waals surface area contributed by atoms with Gasteiger partial charge in [0.2, 0.25) is 5.91 Å². The van der Waals surface area contributed by atoms with Crippen LogP contribution in [0, 0.1) is 5.92 Å². The number of aromatic nitrogens is 1. The summed E-state index contributed by atoms with van der Waals surface area (Å²) in [5.41, 5.74) is -0.310. The first kappa shape index (κ1) is 15.1. The fraction of sp³-hybridized carbons (Fsp3) is 0.615. The summed E-state index contributed by atoms with van der Waals surface area (Å²) in [6.07, 6.45) is 1.28. The maximum Gasteiger partial charge on any atom is 0.407 e. The lowest BCUT2D eigenvalue weighted by Gasteiger charge is -2.29. The van der Waals surface area contributed by atoms with Crippen LogP contribution >= 0.6 is 0 Å². The summed E-state index contributed by atoms with van der Waals surface area (Å²) in [6.45, 7) is 1.60. The topological polar surface area (TPSA) is 116 Å². The Morgan fingerprint density at radius 3 is 2.71 bits per heavy atom. The van der Waals surface area contributed by atoms with Crippen LogP contribution in [0.4, 0.5) is 4.79 Å². The van der Waals surface area contributed by atoms with Gasteiger partial charge in [-0.25, -0.2) is 4.79 Å². The number of aromatic amines is 1. The molecule has 2 heterocycles. The summed E-state index contributed by atoms with van der Waals surface area (Å²) < 4.78 is 4.86. The van der Waals surface area contributed by atoms with Crippen LogP contribution < -0.4 is 10.9 Å². The van der Waals surface area contributed by atoms with Crippen molar-refractivity contribution in [1.29, 1.82) is 0 Å². The molecule has 1 aliphatic rings. The number of rotatable bonds is 5. The van der Waals surface area contributed by atoms with Gasteiger partial charge in [-0.05, 0) is 18.8 Å². The van der Waals surface area contributed by atoms with E-state index < -0.39 is 6.09 Å². The first-order valence-electron chi connectivity index (χ1n) is 6.96. The number of nitrogens with zero attached hydrogens (tertiary/aromatic N) is 1. The molecule has 0 radical (unpaired) electrons. The van der Waals surface area contributed by atoms with E-state index >= 15 is 0 Å². The zero-order valence-electron chi connectivity index (χ0n) is 11.6. The molecule has 0 aromatic carbocycles. The zero-order valence-corrected chi connectivity index (χ0v) is 11.6. The highest BCUT2D eigenvalue weighted by molar-refractivity contribution is 5.76. The first-order chi connectivity index (χ1) is 10.0. The van der Waals surface area contributed by atoms with E-state index in [0.717, 1.165) is 12.8 Å². The van der Waals surface area contributed by atoms with Gasteiger partial charge in [-0.3, -0.25) is 9.59 Å². The molecular weight excluding hydrogens is 278 g/mol. The molecule has 8 nitrogen and oxygen atoms in total. The van der Waals surface area contributed by atoms with Gasteiger partial charge in [0.25, 0.3) is 5.56 Å². The lowest BCUT2D eigenvalue weighted by molar-refractivity contribution is -0.121. The number of hydrogen-bond acceptors (Lipinski definition) is 4. The molecule has 0 saturated carbocycles. The highest BCUT2D eigenvalue weighted by Gasteiger charge is 2.22. The average Bonchev–Trinajstić information content (AvgIpc) is 2.89. The summed E-state index contributed by atoms with van der Waals surface area (Å²) in [5, 5.41) is 13.9. The third-order valence-corrected chi connectivity index (χ3v) is 3.65. The Bertz CT molecular complexity index is 542. The van der Waals surface area contributed by atoms with E-state index in [-0.39, 0.29) is 17.9 Å². The Morgan fingerprint density at radius 1 is 1.43 bits per heavy atom. The lowest BCUT2D eigenvalue weighted by atomic mass is 9.97. The van der Waals surface area contributed by atoms with Gasteiger partial charge in [-0.15, -0.1) is 0 Å². The third-order valence-electron chi connectivity index (χ3n) is 3.65. The number of carbonyl (C=O) groups is 2. The smallest absolute Gasteiger partial charge is 0.407 e. The van der Waals surface area contributed by atoms with E-state index in [4.69, 9.17) is 9.63 Å². The summed E-state index contributed by atoms with van der Waals surface area (Å²) >= 11 is 0. The van der Waals surface area contributed by atoms with Gasteiger partial charge in [0.15, 0.2) is 0 Å². The number of nitrogens with one attached hydrogen (secondary N) is 2. The third kappa shape index (κ3) is 4.66. The molecule has 1 aromatic heterocycles. The van der Waals surface area contributed by atoms with Gasteiger partial charge in [-0.1, -0.05) is 0 Å². The number of carboxylic acid groups (broad SMARTS) is 1. The molecule has 0 spiro atoms. The van der Waals surface area contributed by atoms with Crippen molar-refractivity contribution in [3.8, 4) is 0 Å². The molecule has 3 N–H and O–H groups in total. The lowest BCUT2D eigenvalue weighted by Crippen LogP contribution is -2.40. The monoisotopic (exact) mass is 297 g/mol. The number of amides is 2. The molecule has 116 valence electrons. The van der Waals surface area contributed by atoms with E-state index in [1.807, 2.05) is 0 Å². The van der Waals surface area contributed by atoms with E-state index in [0.29, 0.717) is 37.7 Å². The summed E-state index contributed by atoms with van der Waals surface area (Å²) in [6, 6.07) is 1.33. The Hall–Kier alpha value is -2.25. The molecule has 21 heavy (non-hydrogen) atoms. The van der Waals surface area contributed by atoms with Crippen molar-refractivity contribution in [2.75, 3.05) is 19.6 Å². The van der Waals surface area contributed by atoms with Crippen molar-refractivity contribution in [2.24, 2.45) is 5.92 Å². The highest BCUT2D eigenvalue weighted by Crippen LogP contribution is 2.16. The van der Waals surface area contributed by atoms with Crippen LogP contribution in [-0.2, 0) is 11.2 Å². The number of hydrogen-bond donors (Lipinski definition) is 3. The van der Waals surface area contributed by atoms with Crippen LogP contribution in [0.2, 0.25) is 0 Å². The molecule has 8 heteroatoms. The fourth-order valence-corrected chi connectivity index (χ4v) is 2.36. The van der Waals surface area contributed by atoms with Crippen molar-refractivity contribution in [1.82, 2.24) is 15.4 Å². The maximum atomic E-state index is 11.7. The molecule has 0 aliphatic carbocycles.